The quantitative estimate of drug-likeness (QED) is 0.757. The Morgan fingerprint density at radius 2 is 2.33 bits per heavy atom. The predicted molar refractivity (Wildman–Crippen MR) is 75.4 cm³/mol. The van der Waals surface area contributed by atoms with Gasteiger partial charge >= 0.3 is 0 Å². The molecule has 0 aliphatic heterocycles. The molecule has 18 heavy (non-hydrogen) atoms. The third-order valence-electron chi connectivity index (χ3n) is 2.31. The fourth-order valence-corrected chi connectivity index (χ4v) is 2.81. The molecule has 0 aliphatic rings. The maximum absolute atomic E-state index is 5.59. The van der Waals surface area contributed by atoms with Crippen LogP contribution in [0.5, 0.6) is 5.19 Å². The molecule has 0 aliphatic carbocycles. The third-order valence-corrected chi connectivity index (χ3v) is 4.08. The van der Waals surface area contributed by atoms with Gasteiger partial charge in [-0.05, 0) is 24.4 Å². The van der Waals surface area contributed by atoms with Crippen molar-refractivity contribution in [3.8, 4) is 5.19 Å². The first kappa shape index (κ1) is 13.5. The van der Waals surface area contributed by atoms with Crippen LogP contribution in [0.4, 0.5) is 0 Å². The van der Waals surface area contributed by atoms with Crippen molar-refractivity contribution in [1.82, 2.24) is 15.5 Å². The lowest BCUT2D eigenvalue weighted by atomic mass is 10.4. The van der Waals surface area contributed by atoms with E-state index in [1.165, 1.54) is 16.2 Å². The summed E-state index contributed by atoms with van der Waals surface area (Å²) in [6, 6.07) is 4.18. The second kappa shape index (κ2) is 7.45. The molecule has 0 saturated carbocycles. The van der Waals surface area contributed by atoms with Crippen molar-refractivity contribution in [3.63, 3.8) is 0 Å². The van der Waals surface area contributed by atoms with Crippen LogP contribution in [0, 0.1) is 0 Å². The summed E-state index contributed by atoms with van der Waals surface area (Å²) >= 11 is 3.27. The molecule has 0 bridgehead atoms. The molecule has 6 heteroatoms. The van der Waals surface area contributed by atoms with E-state index in [1.807, 2.05) is 0 Å². The summed E-state index contributed by atoms with van der Waals surface area (Å²) in [4.78, 5) is 1.34. The summed E-state index contributed by atoms with van der Waals surface area (Å²) in [5.74, 6) is 0. The number of aromatic nitrogens is 2. The van der Waals surface area contributed by atoms with Gasteiger partial charge in [0.2, 0.25) is 0 Å². The number of nitrogens with one attached hydrogen (secondary N) is 1. The number of hydrogen-bond acceptors (Lipinski definition) is 6. The van der Waals surface area contributed by atoms with E-state index in [4.69, 9.17) is 4.74 Å². The fourth-order valence-electron chi connectivity index (χ4n) is 1.43. The summed E-state index contributed by atoms with van der Waals surface area (Å²) in [7, 11) is 0. The van der Waals surface area contributed by atoms with Gasteiger partial charge in [0.1, 0.15) is 5.01 Å². The Kier molecular flexibility index (Phi) is 5.57. The van der Waals surface area contributed by atoms with Crippen molar-refractivity contribution >= 4 is 22.7 Å². The zero-order chi connectivity index (χ0) is 12.6. The average molecular weight is 283 g/mol. The number of thiophene rings is 1. The van der Waals surface area contributed by atoms with Gasteiger partial charge in [0.25, 0.3) is 5.19 Å². The van der Waals surface area contributed by atoms with Crippen LogP contribution in [0.25, 0.3) is 0 Å². The van der Waals surface area contributed by atoms with Crippen molar-refractivity contribution in [3.05, 3.63) is 27.4 Å². The van der Waals surface area contributed by atoms with E-state index in [9.17, 15) is 0 Å². The monoisotopic (exact) mass is 283 g/mol. The van der Waals surface area contributed by atoms with E-state index < -0.39 is 0 Å². The Morgan fingerprint density at radius 1 is 1.39 bits per heavy atom. The second-order valence-electron chi connectivity index (χ2n) is 3.82. The van der Waals surface area contributed by atoms with Crippen LogP contribution < -0.4 is 10.1 Å². The Morgan fingerprint density at radius 3 is 3.11 bits per heavy atom. The molecule has 1 N–H and O–H groups in total. The van der Waals surface area contributed by atoms with Crippen molar-refractivity contribution in [2.45, 2.75) is 26.3 Å². The summed E-state index contributed by atoms with van der Waals surface area (Å²) in [5, 5.41) is 15.1. The molecule has 2 aromatic rings. The van der Waals surface area contributed by atoms with E-state index in [2.05, 4.69) is 40.0 Å². The lowest BCUT2D eigenvalue weighted by molar-refractivity contribution is 0.318. The van der Waals surface area contributed by atoms with Gasteiger partial charge in [-0.2, -0.15) is 0 Å². The van der Waals surface area contributed by atoms with Crippen LogP contribution in [-0.2, 0) is 13.0 Å². The first-order chi connectivity index (χ1) is 8.88. The molecule has 98 valence electrons. The maximum atomic E-state index is 5.59. The normalized spacial score (nSPS) is 10.7. The van der Waals surface area contributed by atoms with E-state index >= 15 is 0 Å². The molecule has 2 rings (SSSR count). The van der Waals surface area contributed by atoms with Crippen molar-refractivity contribution in [1.29, 1.82) is 0 Å². The lowest BCUT2D eigenvalue weighted by Crippen LogP contribution is -2.13. The highest BCUT2D eigenvalue weighted by atomic mass is 32.1. The van der Waals surface area contributed by atoms with E-state index in [0.29, 0.717) is 11.8 Å². The zero-order valence-electron chi connectivity index (χ0n) is 10.4. The van der Waals surface area contributed by atoms with E-state index in [1.54, 1.807) is 11.3 Å². The van der Waals surface area contributed by atoms with Crippen LogP contribution in [0.1, 0.15) is 23.2 Å². The minimum absolute atomic E-state index is 0.664. The van der Waals surface area contributed by atoms with Crippen LogP contribution in [0.15, 0.2) is 17.5 Å². The zero-order valence-corrected chi connectivity index (χ0v) is 12.0. The van der Waals surface area contributed by atoms with Crippen molar-refractivity contribution in [2.75, 3.05) is 13.2 Å². The Hall–Kier alpha value is -0.980. The minimum atomic E-state index is 0.664. The second-order valence-corrected chi connectivity index (χ2v) is 5.87. The van der Waals surface area contributed by atoms with E-state index in [0.717, 1.165) is 30.9 Å². The van der Waals surface area contributed by atoms with Crippen molar-refractivity contribution in [2.24, 2.45) is 0 Å². The van der Waals surface area contributed by atoms with Gasteiger partial charge in [0, 0.05) is 17.8 Å². The predicted octanol–water partition coefficient (Wildman–Crippen LogP) is 2.72. The molecule has 0 amide bonds. The molecule has 0 radical (unpaired) electrons. The Labute approximate surface area is 115 Å². The highest BCUT2D eigenvalue weighted by molar-refractivity contribution is 7.13. The standard InChI is InChI=1S/C12H17N3OS2/c1-2-6-13-9-11-14-15-12(18-11)16-7-5-10-4-3-8-17-10/h3-4,8,13H,2,5-7,9H2,1H3. The van der Waals surface area contributed by atoms with Crippen LogP contribution in [-0.4, -0.2) is 23.3 Å². The first-order valence-electron chi connectivity index (χ1n) is 6.06. The molecule has 0 fully saturated rings. The van der Waals surface area contributed by atoms with E-state index in [-0.39, 0.29) is 0 Å². The first-order valence-corrected chi connectivity index (χ1v) is 7.76. The lowest BCUT2D eigenvalue weighted by Gasteiger charge is -1.99. The topological polar surface area (TPSA) is 47.0 Å². The van der Waals surface area contributed by atoms with Gasteiger partial charge in [-0.25, -0.2) is 0 Å². The molecule has 4 nitrogen and oxygen atoms in total. The third kappa shape index (κ3) is 4.36. The maximum Gasteiger partial charge on any atom is 0.294 e. The molecule has 2 heterocycles. The molecule has 0 atom stereocenters. The minimum Gasteiger partial charge on any atom is -0.469 e. The fraction of sp³-hybridized carbons (Fsp3) is 0.500. The van der Waals surface area contributed by atoms with Gasteiger partial charge in [0.15, 0.2) is 0 Å². The summed E-state index contributed by atoms with van der Waals surface area (Å²) in [6.45, 7) is 4.59. The summed E-state index contributed by atoms with van der Waals surface area (Å²) in [5.41, 5.74) is 0. The Bertz CT molecular complexity index is 442. The van der Waals surface area contributed by atoms with Gasteiger partial charge in [-0.1, -0.05) is 24.3 Å². The Balaban J connectivity index is 1.69. The molecule has 2 aromatic heterocycles. The van der Waals surface area contributed by atoms with Gasteiger partial charge in [0.05, 0.1) is 6.61 Å². The average Bonchev–Trinajstić information content (AvgIpc) is 3.01. The molecule has 0 aromatic carbocycles. The number of rotatable bonds is 8. The number of nitrogens with zero attached hydrogens (tertiary/aromatic N) is 2. The summed E-state index contributed by atoms with van der Waals surface area (Å²) < 4.78 is 5.59. The molecule has 0 saturated heterocycles. The highest BCUT2D eigenvalue weighted by Crippen LogP contribution is 2.18. The van der Waals surface area contributed by atoms with Gasteiger partial charge < -0.3 is 10.1 Å². The van der Waals surface area contributed by atoms with Crippen LogP contribution >= 0.6 is 22.7 Å². The largest absolute Gasteiger partial charge is 0.469 e. The SMILES string of the molecule is CCCNCc1nnc(OCCc2cccs2)s1. The molecule has 0 unspecified atom stereocenters. The number of hydrogen-bond donors (Lipinski definition) is 1. The van der Waals surface area contributed by atoms with Crippen LogP contribution in [0.3, 0.4) is 0 Å². The highest BCUT2D eigenvalue weighted by Gasteiger charge is 2.04. The van der Waals surface area contributed by atoms with Crippen LogP contribution in [0.2, 0.25) is 0 Å². The van der Waals surface area contributed by atoms with Gasteiger partial charge in [-0.15, -0.1) is 21.5 Å². The number of ether oxygens (including phenoxy) is 1. The summed E-state index contributed by atoms with van der Waals surface area (Å²) in [6.07, 6.45) is 2.06. The van der Waals surface area contributed by atoms with Crippen molar-refractivity contribution < 1.29 is 4.74 Å². The van der Waals surface area contributed by atoms with Gasteiger partial charge in [-0.3, -0.25) is 0 Å². The molecular formula is C12H17N3OS2. The molecule has 0 spiro atoms. The smallest absolute Gasteiger partial charge is 0.294 e. The molecular weight excluding hydrogens is 266 g/mol.